The van der Waals surface area contributed by atoms with E-state index >= 15 is 0 Å². The van der Waals surface area contributed by atoms with Gasteiger partial charge in [0.1, 0.15) is 5.69 Å². The number of piperidine rings is 1. The Labute approximate surface area is 170 Å². The first kappa shape index (κ1) is 19.3. The maximum atomic E-state index is 13.0. The summed E-state index contributed by atoms with van der Waals surface area (Å²) in [6, 6.07) is 12.2. The molecule has 1 amide bonds. The van der Waals surface area contributed by atoms with Crippen molar-refractivity contribution in [1.82, 2.24) is 14.7 Å². The number of aromatic nitrogens is 2. The highest BCUT2D eigenvalue weighted by molar-refractivity contribution is 5.65. The number of benzene rings is 1. The van der Waals surface area contributed by atoms with Gasteiger partial charge in [0.25, 0.3) is 5.56 Å². The number of likely N-dealkylation sites (tertiary alicyclic amines) is 1. The number of carboxylic acid groups (broad SMARTS) is 1. The topological polar surface area (TPSA) is 81.9 Å². The fraction of sp³-hybridized carbons (Fsp3) is 0.476. The summed E-state index contributed by atoms with van der Waals surface area (Å²) in [6.07, 6.45) is 2.36. The average molecular weight is 397 g/mol. The lowest BCUT2D eigenvalue weighted by atomic mass is 9.97. The molecule has 0 atom stereocenters. The molecule has 0 unspecified atom stereocenters. The largest absolute Gasteiger partial charge is 0.465 e. The van der Waals surface area contributed by atoms with Crippen LogP contribution in [0.1, 0.15) is 12.8 Å². The molecule has 2 aliphatic heterocycles. The predicted molar refractivity (Wildman–Crippen MR) is 112 cm³/mol. The van der Waals surface area contributed by atoms with Crippen molar-refractivity contribution < 1.29 is 9.90 Å². The maximum Gasteiger partial charge on any atom is 0.407 e. The Bertz CT molecular complexity index is 885. The molecule has 2 saturated heterocycles. The van der Waals surface area contributed by atoms with Gasteiger partial charge in [-0.05, 0) is 37.0 Å². The molecule has 1 aromatic heterocycles. The van der Waals surface area contributed by atoms with Gasteiger partial charge in [-0.3, -0.25) is 4.79 Å². The zero-order valence-electron chi connectivity index (χ0n) is 16.5. The zero-order valence-corrected chi connectivity index (χ0v) is 16.5. The highest BCUT2D eigenvalue weighted by Gasteiger charge is 2.24. The highest BCUT2D eigenvalue weighted by atomic mass is 16.4. The molecule has 2 aliphatic rings. The summed E-state index contributed by atoms with van der Waals surface area (Å²) in [6.45, 7) is 4.94. The molecule has 8 heteroatoms. The summed E-state index contributed by atoms with van der Waals surface area (Å²) in [5.41, 5.74) is 1.86. The third-order valence-electron chi connectivity index (χ3n) is 5.95. The van der Waals surface area contributed by atoms with Crippen LogP contribution in [0, 0.1) is 5.92 Å². The lowest BCUT2D eigenvalue weighted by Crippen LogP contribution is -2.48. The third-order valence-corrected chi connectivity index (χ3v) is 5.95. The van der Waals surface area contributed by atoms with Crippen molar-refractivity contribution in [1.29, 1.82) is 0 Å². The predicted octanol–water partition coefficient (Wildman–Crippen LogP) is 1.96. The lowest BCUT2D eigenvalue weighted by molar-refractivity contribution is 0.120. The molecule has 3 heterocycles. The monoisotopic (exact) mass is 397 g/mol. The molecule has 29 heavy (non-hydrogen) atoms. The van der Waals surface area contributed by atoms with Crippen molar-refractivity contribution in [2.45, 2.75) is 19.4 Å². The Hall–Kier alpha value is -3.03. The van der Waals surface area contributed by atoms with E-state index in [4.69, 9.17) is 5.11 Å². The normalized spacial score (nSPS) is 18.1. The standard InChI is InChI=1S/C21H27N5O3/c27-20-19(24-14-12-23(13-15-24)18-4-2-1-3-5-18)6-9-22-26(20)16-17-7-10-25(11-8-17)21(28)29/h1-6,9,17H,7-8,10-16H2,(H,28,29). The first-order valence-corrected chi connectivity index (χ1v) is 10.2. The second-order valence-electron chi connectivity index (χ2n) is 7.73. The number of nitrogens with zero attached hydrogens (tertiary/aromatic N) is 5. The van der Waals surface area contributed by atoms with Gasteiger partial charge < -0.3 is 19.8 Å². The molecule has 0 aliphatic carbocycles. The Morgan fingerprint density at radius 1 is 0.966 bits per heavy atom. The van der Waals surface area contributed by atoms with Crippen LogP contribution in [0.15, 0.2) is 47.4 Å². The van der Waals surface area contributed by atoms with Crippen molar-refractivity contribution in [2.24, 2.45) is 5.92 Å². The Morgan fingerprint density at radius 2 is 1.62 bits per heavy atom. The molecule has 0 spiro atoms. The Balaban J connectivity index is 1.39. The van der Waals surface area contributed by atoms with Gasteiger partial charge >= 0.3 is 6.09 Å². The SMILES string of the molecule is O=C(O)N1CCC(Cn2nccc(N3CCN(c4ccccc4)CC3)c2=O)CC1. The van der Waals surface area contributed by atoms with Gasteiger partial charge in [-0.1, -0.05) is 18.2 Å². The van der Waals surface area contributed by atoms with Gasteiger partial charge in [0.05, 0.1) is 0 Å². The Kier molecular flexibility index (Phi) is 5.69. The van der Waals surface area contributed by atoms with E-state index in [9.17, 15) is 9.59 Å². The van der Waals surface area contributed by atoms with E-state index in [-0.39, 0.29) is 11.5 Å². The van der Waals surface area contributed by atoms with E-state index < -0.39 is 6.09 Å². The van der Waals surface area contributed by atoms with Crippen molar-refractivity contribution in [3.05, 3.63) is 52.9 Å². The second kappa shape index (κ2) is 8.55. The van der Waals surface area contributed by atoms with Crippen LogP contribution in [0.4, 0.5) is 16.2 Å². The number of hydrogen-bond donors (Lipinski definition) is 1. The highest BCUT2D eigenvalue weighted by Crippen LogP contribution is 2.20. The van der Waals surface area contributed by atoms with Crippen LogP contribution in [-0.2, 0) is 6.54 Å². The smallest absolute Gasteiger partial charge is 0.407 e. The summed E-state index contributed by atoms with van der Waals surface area (Å²) in [7, 11) is 0. The summed E-state index contributed by atoms with van der Waals surface area (Å²) in [4.78, 5) is 30.0. The average Bonchev–Trinajstić information content (AvgIpc) is 2.76. The van der Waals surface area contributed by atoms with E-state index in [1.807, 2.05) is 24.3 Å². The molecular weight excluding hydrogens is 370 g/mol. The first-order valence-electron chi connectivity index (χ1n) is 10.2. The van der Waals surface area contributed by atoms with E-state index in [0.29, 0.717) is 25.3 Å². The van der Waals surface area contributed by atoms with Crippen molar-refractivity contribution in [3.8, 4) is 0 Å². The summed E-state index contributed by atoms with van der Waals surface area (Å²) in [5, 5.41) is 13.4. The molecule has 1 N–H and O–H groups in total. The van der Waals surface area contributed by atoms with Gasteiger partial charge in [-0.25, -0.2) is 9.48 Å². The van der Waals surface area contributed by atoms with Gasteiger partial charge in [-0.15, -0.1) is 0 Å². The number of carbonyl (C=O) groups is 1. The lowest BCUT2D eigenvalue weighted by Gasteiger charge is -2.37. The number of para-hydroxylation sites is 1. The minimum atomic E-state index is -0.865. The third kappa shape index (κ3) is 4.36. The van der Waals surface area contributed by atoms with Crippen molar-refractivity contribution >= 4 is 17.5 Å². The minimum absolute atomic E-state index is 0.0543. The Morgan fingerprint density at radius 3 is 2.28 bits per heavy atom. The summed E-state index contributed by atoms with van der Waals surface area (Å²) in [5.74, 6) is 0.279. The van der Waals surface area contributed by atoms with Crippen LogP contribution in [0.3, 0.4) is 0 Å². The van der Waals surface area contributed by atoms with Crippen LogP contribution in [0.2, 0.25) is 0 Å². The molecule has 2 aromatic rings. The summed E-state index contributed by atoms with van der Waals surface area (Å²) >= 11 is 0. The number of anilines is 2. The molecule has 4 rings (SSSR count). The fourth-order valence-electron chi connectivity index (χ4n) is 4.21. The minimum Gasteiger partial charge on any atom is -0.465 e. The van der Waals surface area contributed by atoms with E-state index in [2.05, 4.69) is 27.0 Å². The van der Waals surface area contributed by atoms with E-state index in [0.717, 1.165) is 39.0 Å². The molecular formula is C21H27N5O3. The van der Waals surface area contributed by atoms with Gasteiger partial charge in [-0.2, -0.15) is 5.10 Å². The molecule has 8 nitrogen and oxygen atoms in total. The van der Waals surface area contributed by atoms with Crippen LogP contribution < -0.4 is 15.4 Å². The van der Waals surface area contributed by atoms with Gasteiger partial charge in [0.2, 0.25) is 0 Å². The van der Waals surface area contributed by atoms with Crippen molar-refractivity contribution in [3.63, 3.8) is 0 Å². The first-order chi connectivity index (χ1) is 14.1. The van der Waals surface area contributed by atoms with Crippen LogP contribution in [0.5, 0.6) is 0 Å². The quantitative estimate of drug-likeness (QED) is 0.849. The number of piperazine rings is 1. The van der Waals surface area contributed by atoms with E-state index in [1.54, 1.807) is 10.9 Å². The van der Waals surface area contributed by atoms with Crippen molar-refractivity contribution in [2.75, 3.05) is 49.1 Å². The maximum absolute atomic E-state index is 13.0. The second-order valence-corrected chi connectivity index (χ2v) is 7.73. The van der Waals surface area contributed by atoms with Gasteiger partial charge in [0, 0.05) is 57.7 Å². The van der Waals surface area contributed by atoms with Crippen LogP contribution in [-0.4, -0.2) is 65.1 Å². The molecule has 2 fully saturated rings. The number of rotatable bonds is 4. The van der Waals surface area contributed by atoms with Crippen LogP contribution in [0.25, 0.3) is 0 Å². The number of hydrogen-bond acceptors (Lipinski definition) is 5. The molecule has 0 radical (unpaired) electrons. The van der Waals surface area contributed by atoms with Crippen LogP contribution >= 0.6 is 0 Å². The molecule has 0 saturated carbocycles. The fourth-order valence-corrected chi connectivity index (χ4v) is 4.21. The van der Waals surface area contributed by atoms with E-state index in [1.165, 1.54) is 10.6 Å². The molecule has 1 aromatic carbocycles. The number of amides is 1. The summed E-state index contributed by atoms with van der Waals surface area (Å²) < 4.78 is 1.56. The van der Waals surface area contributed by atoms with Gasteiger partial charge in [0.15, 0.2) is 0 Å². The zero-order chi connectivity index (χ0) is 20.2. The molecule has 0 bridgehead atoms. The molecule has 154 valence electrons.